The quantitative estimate of drug-likeness (QED) is 0.634. The van der Waals surface area contributed by atoms with Gasteiger partial charge in [-0.2, -0.15) is 5.10 Å². The minimum Gasteiger partial charge on any atom is -0.494 e. The summed E-state index contributed by atoms with van der Waals surface area (Å²) in [6.07, 6.45) is 1.54. The second-order valence-electron chi connectivity index (χ2n) is 4.27. The van der Waals surface area contributed by atoms with Crippen LogP contribution in [0.5, 0.6) is 5.75 Å². The molecule has 0 saturated carbocycles. The van der Waals surface area contributed by atoms with E-state index in [-0.39, 0.29) is 5.56 Å². The number of aromatic carboxylic acids is 1. The third-order valence-corrected chi connectivity index (χ3v) is 3.33. The molecule has 0 aliphatic carbocycles. The van der Waals surface area contributed by atoms with Crippen molar-refractivity contribution in [2.24, 2.45) is 5.10 Å². The van der Waals surface area contributed by atoms with E-state index >= 15 is 0 Å². The summed E-state index contributed by atoms with van der Waals surface area (Å²) in [7, 11) is 1.49. The van der Waals surface area contributed by atoms with Gasteiger partial charge in [-0.1, -0.05) is 23.2 Å². The predicted molar refractivity (Wildman–Crippen MR) is 87.6 cm³/mol. The smallest absolute Gasteiger partial charge is 0.335 e. The highest BCUT2D eigenvalue weighted by Gasteiger charge is 2.07. The number of carboxylic acid groups (broad SMARTS) is 1. The maximum absolute atomic E-state index is 10.7. The fourth-order valence-electron chi connectivity index (χ4n) is 1.72. The molecule has 2 N–H and O–H groups in total. The molecule has 22 heavy (non-hydrogen) atoms. The fourth-order valence-corrected chi connectivity index (χ4v) is 2.38. The highest BCUT2D eigenvalue weighted by atomic mass is 35.5. The Kier molecular flexibility index (Phi) is 5.25. The van der Waals surface area contributed by atoms with Crippen molar-refractivity contribution in [3.8, 4) is 5.75 Å². The van der Waals surface area contributed by atoms with Gasteiger partial charge in [0, 0.05) is 0 Å². The molecule has 7 heteroatoms. The Morgan fingerprint density at radius 1 is 1.23 bits per heavy atom. The number of anilines is 1. The van der Waals surface area contributed by atoms with Crippen LogP contribution in [0.4, 0.5) is 5.69 Å². The van der Waals surface area contributed by atoms with E-state index in [0.717, 1.165) is 0 Å². The van der Waals surface area contributed by atoms with Gasteiger partial charge in [0.15, 0.2) is 5.75 Å². The maximum Gasteiger partial charge on any atom is 0.335 e. The van der Waals surface area contributed by atoms with E-state index in [4.69, 9.17) is 33.0 Å². The topological polar surface area (TPSA) is 70.9 Å². The van der Waals surface area contributed by atoms with Crippen molar-refractivity contribution in [2.45, 2.75) is 0 Å². The molecule has 0 atom stereocenters. The van der Waals surface area contributed by atoms with Crippen LogP contribution in [0.3, 0.4) is 0 Å². The van der Waals surface area contributed by atoms with Crippen LogP contribution >= 0.6 is 23.2 Å². The van der Waals surface area contributed by atoms with Crippen LogP contribution in [-0.2, 0) is 0 Å². The van der Waals surface area contributed by atoms with Crippen LogP contribution in [-0.4, -0.2) is 24.4 Å². The predicted octanol–water partition coefficient (Wildman–Crippen LogP) is 4.15. The van der Waals surface area contributed by atoms with Gasteiger partial charge in [-0.15, -0.1) is 0 Å². The van der Waals surface area contributed by atoms with Gasteiger partial charge in [-0.05, 0) is 42.0 Å². The van der Waals surface area contributed by atoms with Crippen molar-refractivity contribution < 1.29 is 14.6 Å². The minimum absolute atomic E-state index is 0.211. The standard InChI is InChI=1S/C15H12Cl2N2O3/c1-22-14-12(16)6-9(7-13(14)17)8-18-19-11-4-2-10(3-5-11)15(20)21/h2-8,19H,1H3,(H,20,21). The number of nitrogens with one attached hydrogen (secondary N) is 1. The number of hydrogen-bond donors (Lipinski definition) is 2. The van der Waals surface area contributed by atoms with Crippen LogP contribution in [0.15, 0.2) is 41.5 Å². The third kappa shape index (κ3) is 3.90. The Labute approximate surface area is 137 Å². The lowest BCUT2D eigenvalue weighted by molar-refractivity contribution is 0.0697. The normalized spacial score (nSPS) is 10.7. The number of nitrogens with zero attached hydrogens (tertiary/aromatic N) is 1. The summed E-state index contributed by atoms with van der Waals surface area (Å²) < 4.78 is 5.06. The molecule has 0 fully saturated rings. The number of ether oxygens (including phenoxy) is 1. The first kappa shape index (κ1) is 16.1. The lowest BCUT2D eigenvalue weighted by Gasteiger charge is -2.06. The molecule has 2 rings (SSSR count). The molecule has 0 unspecified atom stereocenters. The summed E-state index contributed by atoms with van der Waals surface area (Å²) in [5, 5.41) is 13.6. The highest BCUT2D eigenvalue weighted by Crippen LogP contribution is 2.33. The number of rotatable bonds is 5. The van der Waals surface area contributed by atoms with E-state index in [1.54, 1.807) is 30.5 Å². The fraction of sp³-hybridized carbons (Fsp3) is 0.0667. The second kappa shape index (κ2) is 7.15. The lowest BCUT2D eigenvalue weighted by atomic mass is 10.2. The molecule has 0 amide bonds. The zero-order valence-electron chi connectivity index (χ0n) is 11.5. The number of benzene rings is 2. The van der Waals surface area contributed by atoms with E-state index in [9.17, 15) is 4.79 Å². The number of carboxylic acids is 1. The number of hydrazone groups is 1. The Balaban J connectivity index is 2.08. The SMILES string of the molecule is COc1c(Cl)cc(C=NNc2ccc(C(=O)O)cc2)cc1Cl. The molecule has 5 nitrogen and oxygen atoms in total. The average molecular weight is 339 g/mol. The summed E-state index contributed by atoms with van der Waals surface area (Å²) in [6.45, 7) is 0. The first-order valence-electron chi connectivity index (χ1n) is 6.16. The van der Waals surface area contributed by atoms with Gasteiger partial charge in [0.1, 0.15) is 0 Å². The van der Waals surface area contributed by atoms with E-state index in [1.165, 1.54) is 19.2 Å². The van der Waals surface area contributed by atoms with Crippen LogP contribution in [0.25, 0.3) is 0 Å². The molecule has 0 aliphatic rings. The van der Waals surface area contributed by atoms with Gasteiger partial charge in [-0.25, -0.2) is 4.79 Å². The van der Waals surface area contributed by atoms with Crippen molar-refractivity contribution >= 4 is 41.1 Å². The molecule has 0 bridgehead atoms. The number of methoxy groups -OCH3 is 1. The summed E-state index contributed by atoms with van der Waals surface area (Å²) in [4.78, 5) is 10.7. The molecule has 114 valence electrons. The third-order valence-electron chi connectivity index (χ3n) is 2.76. The van der Waals surface area contributed by atoms with Crippen molar-refractivity contribution in [3.05, 3.63) is 57.6 Å². The van der Waals surface area contributed by atoms with Crippen LogP contribution in [0, 0.1) is 0 Å². The number of hydrogen-bond acceptors (Lipinski definition) is 4. The van der Waals surface area contributed by atoms with Gasteiger partial charge in [0.2, 0.25) is 0 Å². The monoisotopic (exact) mass is 338 g/mol. The van der Waals surface area contributed by atoms with Crippen molar-refractivity contribution in [3.63, 3.8) is 0 Å². The van der Waals surface area contributed by atoms with Crippen LogP contribution < -0.4 is 10.2 Å². The molecule has 0 radical (unpaired) electrons. The van der Waals surface area contributed by atoms with Gasteiger partial charge in [0.05, 0.1) is 34.6 Å². The Bertz CT molecular complexity index is 692. The highest BCUT2D eigenvalue weighted by molar-refractivity contribution is 6.37. The van der Waals surface area contributed by atoms with E-state index in [1.807, 2.05) is 0 Å². The van der Waals surface area contributed by atoms with Crippen LogP contribution in [0.1, 0.15) is 15.9 Å². The minimum atomic E-state index is -0.974. The second-order valence-corrected chi connectivity index (χ2v) is 5.08. The van der Waals surface area contributed by atoms with Gasteiger partial charge >= 0.3 is 5.97 Å². The molecular weight excluding hydrogens is 327 g/mol. The molecule has 0 aliphatic heterocycles. The van der Waals surface area contributed by atoms with Crippen molar-refractivity contribution in [1.82, 2.24) is 0 Å². The number of halogens is 2. The van der Waals surface area contributed by atoms with Gasteiger partial charge < -0.3 is 9.84 Å². The molecule has 0 saturated heterocycles. The first-order valence-corrected chi connectivity index (χ1v) is 6.92. The molecule has 0 aromatic heterocycles. The zero-order chi connectivity index (χ0) is 16.1. The lowest BCUT2D eigenvalue weighted by Crippen LogP contribution is -1.96. The number of carbonyl (C=O) groups is 1. The summed E-state index contributed by atoms with van der Waals surface area (Å²) >= 11 is 12.1. The molecule has 0 spiro atoms. The van der Waals surface area contributed by atoms with Gasteiger partial charge in [-0.3, -0.25) is 5.43 Å². The summed E-state index contributed by atoms with van der Waals surface area (Å²) in [5.74, 6) is -0.560. The molecule has 2 aromatic rings. The Hall–Kier alpha value is -2.24. The molecular formula is C15H12Cl2N2O3. The maximum atomic E-state index is 10.7. The molecule has 0 heterocycles. The molecule has 2 aromatic carbocycles. The Morgan fingerprint density at radius 3 is 2.32 bits per heavy atom. The van der Waals surface area contributed by atoms with E-state index in [0.29, 0.717) is 27.0 Å². The van der Waals surface area contributed by atoms with Crippen molar-refractivity contribution in [1.29, 1.82) is 0 Å². The first-order chi connectivity index (χ1) is 10.5. The van der Waals surface area contributed by atoms with Gasteiger partial charge in [0.25, 0.3) is 0 Å². The zero-order valence-corrected chi connectivity index (χ0v) is 13.0. The van der Waals surface area contributed by atoms with E-state index < -0.39 is 5.97 Å². The largest absolute Gasteiger partial charge is 0.494 e. The van der Waals surface area contributed by atoms with E-state index in [2.05, 4.69) is 10.5 Å². The van der Waals surface area contributed by atoms with Crippen LogP contribution in [0.2, 0.25) is 10.0 Å². The summed E-state index contributed by atoms with van der Waals surface area (Å²) in [6, 6.07) is 9.56. The Morgan fingerprint density at radius 2 is 1.82 bits per heavy atom. The average Bonchev–Trinajstić information content (AvgIpc) is 2.47. The van der Waals surface area contributed by atoms with Crippen molar-refractivity contribution in [2.75, 3.05) is 12.5 Å². The summed E-state index contributed by atoms with van der Waals surface area (Å²) in [5.41, 5.74) is 4.36.